The van der Waals surface area contributed by atoms with Crippen LogP contribution in [-0.4, -0.2) is 233 Å². The van der Waals surface area contributed by atoms with Gasteiger partial charge in [0.2, 0.25) is 76.8 Å². The average Bonchev–Trinajstić information content (AvgIpc) is 1.75. The lowest BCUT2D eigenvalue weighted by molar-refractivity contribution is -0.147. The number of rotatable bonds is 43. The van der Waals surface area contributed by atoms with Crippen molar-refractivity contribution < 1.29 is 102 Å². The molecule has 24 N–H and O–H groups in total. The molecule has 0 aromatic carbocycles. The average molecular weight is 1300 g/mol. The van der Waals surface area contributed by atoms with Crippen LogP contribution in [-0.2, 0) is 76.7 Å². The van der Waals surface area contributed by atoms with Crippen molar-refractivity contribution in [3.8, 4) is 0 Å². The van der Waals surface area contributed by atoms with Gasteiger partial charge >= 0.3 is 17.9 Å². The van der Waals surface area contributed by atoms with Gasteiger partial charge in [-0.3, -0.25) is 76.9 Å². The van der Waals surface area contributed by atoms with Crippen molar-refractivity contribution in [3.63, 3.8) is 0 Å². The third kappa shape index (κ3) is 31.1. The lowest BCUT2D eigenvalue weighted by atomic mass is 9.96. The van der Waals surface area contributed by atoms with Gasteiger partial charge in [0, 0.05) is 13.0 Å². The Balaban J connectivity index is 3.05. The molecule has 1 heterocycles. The number of carboxylic acids is 3. The lowest BCUT2D eigenvalue weighted by Crippen LogP contribution is -2.59. The van der Waals surface area contributed by atoms with E-state index in [1.165, 1.54) is 13.8 Å². The molecule has 1 aliphatic heterocycles. The molecule has 512 valence electrons. The number of aliphatic hydroxyl groups excluding tert-OH is 2. The van der Waals surface area contributed by atoms with Crippen LogP contribution < -0.4 is 86.3 Å². The van der Waals surface area contributed by atoms with Crippen molar-refractivity contribution in [3.05, 3.63) is 0 Å². The van der Waals surface area contributed by atoms with Gasteiger partial charge in [0.1, 0.15) is 54.4 Å². The number of nitrogens with two attached hydrogens (primary N) is 3. The van der Waals surface area contributed by atoms with Gasteiger partial charge in [-0.25, -0.2) is 4.79 Å². The number of amides is 13. The number of hydrogen-bond acceptors (Lipinski definition) is 20. The summed E-state index contributed by atoms with van der Waals surface area (Å²) >= 11 is 0. The Kier molecular flexibility index (Phi) is 36.0. The minimum Gasteiger partial charge on any atom is -0.481 e. The molecule has 0 saturated carbocycles. The Labute approximate surface area is 522 Å². The number of aliphatic imine (C=N–C) groups is 1. The lowest BCUT2D eigenvalue weighted by Gasteiger charge is -2.28. The fraction of sp³-hybridized carbons (Fsp3) is 0.679. The molecule has 0 bridgehead atoms. The van der Waals surface area contributed by atoms with Crippen LogP contribution in [0.15, 0.2) is 4.99 Å². The largest absolute Gasteiger partial charge is 0.481 e. The molecule has 1 fully saturated rings. The van der Waals surface area contributed by atoms with Crippen molar-refractivity contribution in [2.45, 2.75) is 166 Å². The number of primary amides is 1. The smallest absolute Gasteiger partial charge is 0.326 e. The first-order valence-corrected chi connectivity index (χ1v) is 29.1. The van der Waals surface area contributed by atoms with Gasteiger partial charge in [0.15, 0.2) is 5.96 Å². The van der Waals surface area contributed by atoms with Crippen molar-refractivity contribution >= 4 is 101 Å². The molecule has 0 aromatic rings. The number of aliphatic hydroxyl groups is 2. The molecule has 11 unspecified atom stereocenters. The van der Waals surface area contributed by atoms with Crippen LogP contribution in [0.2, 0.25) is 0 Å². The number of nitrogens with zero attached hydrogens (tertiary/aromatic N) is 1. The molecule has 38 heteroatoms. The Morgan fingerprint density at radius 3 is 1.43 bits per heavy atom. The highest BCUT2D eigenvalue weighted by atomic mass is 16.4. The fourth-order valence-corrected chi connectivity index (χ4v) is 8.51. The summed E-state index contributed by atoms with van der Waals surface area (Å²) in [6.45, 7) is 5.36. The van der Waals surface area contributed by atoms with Gasteiger partial charge in [-0.05, 0) is 62.8 Å². The van der Waals surface area contributed by atoms with Gasteiger partial charge in [-0.2, -0.15) is 0 Å². The topological polar surface area (TPSA) is 621 Å². The van der Waals surface area contributed by atoms with E-state index in [2.05, 4.69) is 74.1 Å². The van der Waals surface area contributed by atoms with E-state index in [1.807, 2.05) is 0 Å². The van der Waals surface area contributed by atoms with Gasteiger partial charge in [0.25, 0.3) is 0 Å². The van der Waals surface area contributed by atoms with E-state index in [0.717, 1.165) is 6.42 Å². The van der Waals surface area contributed by atoms with Crippen LogP contribution in [0.5, 0.6) is 0 Å². The summed E-state index contributed by atoms with van der Waals surface area (Å²) in [7, 11) is 0. The van der Waals surface area contributed by atoms with E-state index in [4.69, 9.17) is 22.3 Å². The normalized spacial score (nSPS) is 15.9. The summed E-state index contributed by atoms with van der Waals surface area (Å²) < 4.78 is 0. The summed E-state index contributed by atoms with van der Waals surface area (Å²) in [4.78, 5) is 209. The zero-order chi connectivity index (χ0) is 69.2. The zero-order valence-corrected chi connectivity index (χ0v) is 51.5. The van der Waals surface area contributed by atoms with E-state index in [0.29, 0.717) is 13.0 Å². The van der Waals surface area contributed by atoms with Gasteiger partial charge in [0.05, 0.1) is 51.7 Å². The number of carboxylic acid groups (broad SMARTS) is 3. The standard InChI is InChI=1S/C53H89N17O21/c1-7-26(6)42(51(89)66-32(52(90)91)18-40(79)80)70-48(86)30(16-24(2)3)63-37(75)19-59-44(82)34(23-72)68-47(85)29(12-13-39(77)78)62-36(74)21-61-50(88)41(25(4)5)69-49(87)31(17-35(54)73)64-38(76)20-60-43(81)33(22-71)67-46(84)28(11-9-15-58-53(55)56)65-45(83)27-10-8-14-57-27/h24-34,41-42,57,71-72H,7-23H2,1-6H3,(H2,54,73)(H,59,82)(H,60,81)(H,61,88)(H,62,74)(H,63,75)(H,64,76)(H,65,83)(H,66,89)(H,67,84)(H,68,85)(H,69,87)(H,70,86)(H,77,78)(H,79,80)(H,90,91)(H4,55,56,58). The van der Waals surface area contributed by atoms with Crippen molar-refractivity contribution in [1.29, 1.82) is 0 Å². The highest BCUT2D eigenvalue weighted by Crippen LogP contribution is 2.13. The van der Waals surface area contributed by atoms with Crippen LogP contribution in [0.3, 0.4) is 0 Å². The van der Waals surface area contributed by atoms with Crippen LogP contribution in [0.25, 0.3) is 0 Å². The SMILES string of the molecule is CCC(C)C(NC(=O)C(CC(C)C)NC(=O)CNC(=O)C(CO)NC(=O)C(CCC(=O)O)NC(=O)CNC(=O)C(NC(=O)C(CC(N)=O)NC(=O)CNC(=O)C(CO)NC(=O)C(CCCN=C(N)N)NC(=O)C1CCCN1)C(C)C)C(=O)NC(CC(=O)O)C(=O)O. The Morgan fingerprint density at radius 1 is 0.516 bits per heavy atom. The van der Waals surface area contributed by atoms with E-state index in [-0.39, 0.29) is 44.1 Å². The molecule has 11 atom stereocenters. The molecule has 13 amide bonds. The molecule has 0 aliphatic carbocycles. The van der Waals surface area contributed by atoms with E-state index in [9.17, 15) is 97.1 Å². The maximum atomic E-state index is 13.5. The molecule has 0 spiro atoms. The second-order valence-corrected chi connectivity index (χ2v) is 22.0. The second-order valence-electron chi connectivity index (χ2n) is 22.0. The van der Waals surface area contributed by atoms with Crippen LogP contribution in [0.1, 0.15) is 106 Å². The first-order chi connectivity index (χ1) is 42.6. The van der Waals surface area contributed by atoms with Crippen LogP contribution in [0, 0.1) is 17.8 Å². The summed E-state index contributed by atoms with van der Waals surface area (Å²) in [6.07, 6.45) is -1.47. The number of carbonyl (C=O) groups is 16. The summed E-state index contributed by atoms with van der Waals surface area (Å²) in [5, 5.41) is 78.2. The van der Waals surface area contributed by atoms with Crippen molar-refractivity contribution in [2.24, 2.45) is 39.9 Å². The maximum Gasteiger partial charge on any atom is 0.326 e. The predicted octanol–water partition coefficient (Wildman–Crippen LogP) is -9.46. The monoisotopic (exact) mass is 1300 g/mol. The first-order valence-electron chi connectivity index (χ1n) is 29.1. The number of aliphatic carboxylic acids is 3. The highest BCUT2D eigenvalue weighted by molar-refractivity contribution is 5.99. The molecule has 1 saturated heterocycles. The van der Waals surface area contributed by atoms with Crippen LogP contribution >= 0.6 is 0 Å². The fourth-order valence-electron chi connectivity index (χ4n) is 8.51. The molecular weight excluding hydrogens is 1210 g/mol. The summed E-state index contributed by atoms with van der Waals surface area (Å²) in [6, 6.07) is -14.9. The third-order valence-electron chi connectivity index (χ3n) is 13.6. The Morgan fingerprint density at radius 2 is 0.989 bits per heavy atom. The van der Waals surface area contributed by atoms with Crippen molar-refractivity contribution in [2.75, 3.05) is 45.9 Å². The Hall–Kier alpha value is -9.33. The molecule has 1 aliphatic rings. The minimum atomic E-state index is -1.85. The van der Waals surface area contributed by atoms with Gasteiger partial charge in [-0.15, -0.1) is 0 Å². The zero-order valence-electron chi connectivity index (χ0n) is 51.5. The molecule has 0 radical (unpaired) electrons. The van der Waals surface area contributed by atoms with E-state index in [1.54, 1.807) is 27.7 Å². The summed E-state index contributed by atoms with van der Waals surface area (Å²) in [5.74, 6) is -19.8. The van der Waals surface area contributed by atoms with Crippen LogP contribution in [0.4, 0.5) is 0 Å². The summed E-state index contributed by atoms with van der Waals surface area (Å²) in [5.41, 5.74) is 16.1. The number of carbonyl (C=O) groups excluding carboxylic acids is 13. The molecule has 0 aromatic heterocycles. The van der Waals surface area contributed by atoms with Crippen molar-refractivity contribution in [1.82, 2.24) is 69.1 Å². The van der Waals surface area contributed by atoms with Gasteiger partial charge < -0.3 is 112 Å². The molecule has 1 rings (SSSR count). The predicted molar refractivity (Wildman–Crippen MR) is 316 cm³/mol. The van der Waals surface area contributed by atoms with E-state index >= 15 is 0 Å². The first kappa shape index (κ1) is 79.7. The second kappa shape index (κ2) is 41.1. The number of hydrogen-bond donors (Lipinski definition) is 21. The number of guanidine groups is 1. The molecule has 91 heavy (non-hydrogen) atoms. The maximum absolute atomic E-state index is 13.5. The quantitative estimate of drug-likeness (QED) is 0.0153. The number of nitrogens with one attached hydrogen (secondary N) is 13. The van der Waals surface area contributed by atoms with Gasteiger partial charge in [-0.1, -0.05) is 48.0 Å². The molecular formula is C53H89N17O21. The molecule has 38 nitrogen and oxygen atoms in total. The Bertz CT molecular complexity index is 2620. The highest BCUT2D eigenvalue weighted by Gasteiger charge is 2.36. The third-order valence-corrected chi connectivity index (χ3v) is 13.6. The van der Waals surface area contributed by atoms with E-state index < -0.39 is 225 Å². The minimum absolute atomic E-state index is 0.0131.